The molecular formula is C7H4BrF3O2S2. The first-order valence-corrected chi connectivity index (χ1v) is 7.10. The molecule has 0 aliphatic heterocycles. The van der Waals surface area contributed by atoms with Crippen LogP contribution in [0, 0.1) is 0 Å². The van der Waals surface area contributed by atoms with Gasteiger partial charge in [-0.3, -0.25) is 0 Å². The molecule has 84 valence electrons. The molecule has 0 heterocycles. The summed E-state index contributed by atoms with van der Waals surface area (Å²) in [5.74, 6) is 0. The van der Waals surface area contributed by atoms with E-state index in [1.54, 1.807) is 0 Å². The fourth-order valence-electron chi connectivity index (χ4n) is 0.774. The van der Waals surface area contributed by atoms with Crippen LogP contribution in [0.4, 0.5) is 13.2 Å². The van der Waals surface area contributed by atoms with Gasteiger partial charge in [-0.2, -0.15) is 13.2 Å². The van der Waals surface area contributed by atoms with Crippen molar-refractivity contribution < 1.29 is 21.6 Å². The third kappa shape index (κ3) is 4.04. The second kappa shape index (κ2) is 4.34. The van der Waals surface area contributed by atoms with Crippen LogP contribution in [0.3, 0.4) is 0 Å². The number of halogens is 4. The highest BCUT2D eigenvalue weighted by molar-refractivity contribution is 9.10. The largest absolute Gasteiger partial charge is 0.456 e. The summed E-state index contributed by atoms with van der Waals surface area (Å²) in [5, 5.41) is 0. The number of benzene rings is 1. The lowest BCUT2D eigenvalue weighted by atomic mass is 10.4. The van der Waals surface area contributed by atoms with E-state index in [4.69, 9.17) is 0 Å². The van der Waals surface area contributed by atoms with Crippen LogP contribution in [-0.2, 0) is 8.87 Å². The lowest BCUT2D eigenvalue weighted by Gasteiger charge is -2.06. The minimum Gasteiger partial charge on any atom is -0.212 e. The number of alkyl halides is 3. The van der Waals surface area contributed by atoms with E-state index in [0.717, 1.165) is 12.1 Å². The summed E-state index contributed by atoms with van der Waals surface area (Å²) >= 11 is 3.05. The summed E-state index contributed by atoms with van der Waals surface area (Å²) < 4.78 is 58.6. The van der Waals surface area contributed by atoms with Crippen molar-refractivity contribution in [2.24, 2.45) is 0 Å². The van der Waals surface area contributed by atoms with Crippen LogP contribution in [0.25, 0.3) is 0 Å². The Morgan fingerprint density at radius 2 is 1.60 bits per heavy atom. The van der Waals surface area contributed by atoms with Crippen molar-refractivity contribution in [1.29, 1.82) is 0 Å². The van der Waals surface area contributed by atoms with Crippen LogP contribution in [0.5, 0.6) is 0 Å². The van der Waals surface area contributed by atoms with E-state index in [1.807, 2.05) is 0 Å². The van der Waals surface area contributed by atoms with Crippen LogP contribution in [0.1, 0.15) is 0 Å². The van der Waals surface area contributed by atoms with Gasteiger partial charge in [0.05, 0.1) is 15.7 Å². The van der Waals surface area contributed by atoms with Crippen molar-refractivity contribution in [2.75, 3.05) is 0 Å². The second-order valence-electron chi connectivity index (χ2n) is 2.44. The highest BCUT2D eigenvalue weighted by atomic mass is 79.9. The molecule has 0 fully saturated rings. The van der Waals surface area contributed by atoms with E-state index < -0.39 is 25.2 Å². The van der Waals surface area contributed by atoms with Crippen LogP contribution >= 0.6 is 26.7 Å². The Bertz CT molecular complexity index is 438. The van der Waals surface area contributed by atoms with E-state index in [9.17, 15) is 21.6 Å². The van der Waals surface area contributed by atoms with Gasteiger partial charge < -0.3 is 0 Å². The molecule has 0 radical (unpaired) electrons. The van der Waals surface area contributed by atoms with Crippen LogP contribution in [-0.4, -0.2) is 13.9 Å². The summed E-state index contributed by atoms with van der Waals surface area (Å²) in [5.41, 5.74) is -4.80. The van der Waals surface area contributed by atoms with Gasteiger partial charge in [-0.15, -0.1) is 0 Å². The van der Waals surface area contributed by atoms with E-state index in [-0.39, 0.29) is 4.90 Å². The van der Waals surface area contributed by atoms with E-state index in [0.29, 0.717) is 4.47 Å². The molecule has 1 rings (SSSR count). The Balaban J connectivity index is 3.02. The smallest absolute Gasteiger partial charge is 0.212 e. The summed E-state index contributed by atoms with van der Waals surface area (Å²) in [6, 6.07) is 4.95. The maximum Gasteiger partial charge on any atom is 0.456 e. The first kappa shape index (κ1) is 12.9. The van der Waals surface area contributed by atoms with Crippen molar-refractivity contribution in [3.8, 4) is 0 Å². The van der Waals surface area contributed by atoms with Gasteiger partial charge in [0.2, 0.25) is 8.87 Å². The molecule has 2 nitrogen and oxygen atoms in total. The quantitative estimate of drug-likeness (QED) is 0.783. The fourth-order valence-corrected chi connectivity index (χ4v) is 3.22. The third-order valence-corrected chi connectivity index (χ3v) is 4.90. The molecule has 1 aromatic carbocycles. The SMILES string of the molecule is O=S(=O)(SC(F)(F)F)c1ccc(Br)cc1. The molecule has 0 aliphatic carbocycles. The Morgan fingerprint density at radius 1 is 1.13 bits per heavy atom. The predicted octanol–water partition coefficient (Wildman–Crippen LogP) is 3.39. The zero-order valence-electron chi connectivity index (χ0n) is 6.95. The van der Waals surface area contributed by atoms with Crippen molar-refractivity contribution in [3.63, 3.8) is 0 Å². The monoisotopic (exact) mass is 320 g/mol. The Morgan fingerprint density at radius 3 is 2.00 bits per heavy atom. The van der Waals surface area contributed by atoms with E-state index in [1.165, 1.54) is 12.1 Å². The molecule has 0 bridgehead atoms. The molecule has 0 aromatic heterocycles. The van der Waals surface area contributed by atoms with Gasteiger partial charge in [0.1, 0.15) is 0 Å². The van der Waals surface area contributed by atoms with Gasteiger partial charge in [-0.1, -0.05) is 15.9 Å². The molecule has 0 saturated carbocycles. The molecule has 8 heteroatoms. The predicted molar refractivity (Wildman–Crippen MR) is 55.0 cm³/mol. The lowest BCUT2D eigenvalue weighted by molar-refractivity contribution is -0.0312. The normalized spacial score (nSPS) is 12.8. The number of rotatable bonds is 2. The molecule has 1 aromatic rings. The topological polar surface area (TPSA) is 34.1 Å². The number of hydrogen-bond acceptors (Lipinski definition) is 3. The zero-order chi connectivity index (χ0) is 11.7. The Labute approximate surface area is 96.3 Å². The first-order valence-electron chi connectivity index (χ1n) is 3.49. The van der Waals surface area contributed by atoms with Crippen LogP contribution < -0.4 is 0 Å². The average Bonchev–Trinajstić information content (AvgIpc) is 2.00. The summed E-state index contributed by atoms with van der Waals surface area (Å²) in [6.07, 6.45) is 0. The third-order valence-electron chi connectivity index (χ3n) is 1.31. The zero-order valence-corrected chi connectivity index (χ0v) is 10.2. The molecule has 0 amide bonds. The van der Waals surface area contributed by atoms with Crippen molar-refractivity contribution >= 4 is 35.6 Å². The fraction of sp³-hybridized carbons (Fsp3) is 0.143. The molecule has 0 atom stereocenters. The minimum atomic E-state index is -4.80. The standard InChI is InChI=1S/C7H4BrF3O2S2/c8-5-1-3-6(4-2-5)15(12,13)14-7(9,10)11/h1-4H. The lowest BCUT2D eigenvalue weighted by Crippen LogP contribution is -2.07. The maximum absolute atomic E-state index is 11.9. The van der Waals surface area contributed by atoms with Crippen LogP contribution in [0.2, 0.25) is 0 Å². The van der Waals surface area contributed by atoms with Crippen molar-refractivity contribution in [3.05, 3.63) is 28.7 Å². The molecular weight excluding hydrogens is 317 g/mol. The summed E-state index contributed by atoms with van der Waals surface area (Å²) in [7, 11) is -5.39. The molecule has 0 aliphatic rings. The van der Waals surface area contributed by atoms with Gasteiger partial charge in [0, 0.05) is 4.47 Å². The second-order valence-corrected chi connectivity index (χ2v) is 7.18. The van der Waals surface area contributed by atoms with Gasteiger partial charge >= 0.3 is 5.51 Å². The molecule has 15 heavy (non-hydrogen) atoms. The van der Waals surface area contributed by atoms with E-state index in [2.05, 4.69) is 15.9 Å². The van der Waals surface area contributed by atoms with Gasteiger partial charge in [0.25, 0.3) is 0 Å². The Kier molecular flexibility index (Phi) is 3.72. The number of hydrogen-bond donors (Lipinski definition) is 0. The first-order chi connectivity index (χ1) is 6.71. The molecule has 0 N–H and O–H groups in total. The van der Waals surface area contributed by atoms with E-state index >= 15 is 0 Å². The van der Waals surface area contributed by atoms with Crippen LogP contribution in [0.15, 0.2) is 33.6 Å². The van der Waals surface area contributed by atoms with Gasteiger partial charge in [-0.05, 0) is 24.3 Å². The van der Waals surface area contributed by atoms with Crippen molar-refractivity contribution in [1.82, 2.24) is 0 Å². The molecule has 0 spiro atoms. The minimum absolute atomic E-state index is 0.368. The highest BCUT2D eigenvalue weighted by Gasteiger charge is 2.37. The van der Waals surface area contributed by atoms with Crippen molar-refractivity contribution in [2.45, 2.75) is 10.4 Å². The highest BCUT2D eigenvalue weighted by Crippen LogP contribution is 2.38. The van der Waals surface area contributed by atoms with Gasteiger partial charge in [0.15, 0.2) is 0 Å². The maximum atomic E-state index is 11.9. The average molecular weight is 321 g/mol. The van der Waals surface area contributed by atoms with Gasteiger partial charge in [-0.25, -0.2) is 8.42 Å². The molecule has 0 saturated heterocycles. The summed E-state index contributed by atoms with van der Waals surface area (Å²) in [6.45, 7) is 0. The Hall–Kier alpha value is -0.210. The molecule has 0 unspecified atom stereocenters. The summed E-state index contributed by atoms with van der Waals surface area (Å²) in [4.78, 5) is -0.368.